The van der Waals surface area contributed by atoms with Gasteiger partial charge in [-0.3, -0.25) is 4.98 Å². The summed E-state index contributed by atoms with van der Waals surface area (Å²) in [4.78, 5) is 19.2. The second-order valence-electron chi connectivity index (χ2n) is 7.98. The molecule has 3 heterocycles. The summed E-state index contributed by atoms with van der Waals surface area (Å²) >= 11 is 5.85. The number of esters is 1. The topological polar surface area (TPSA) is 68.6 Å². The highest BCUT2D eigenvalue weighted by molar-refractivity contribution is 7.80. The van der Waals surface area contributed by atoms with Gasteiger partial charge in [0.1, 0.15) is 11.8 Å². The highest BCUT2D eigenvalue weighted by Gasteiger charge is 2.43. The maximum atomic E-state index is 12.6. The largest absolute Gasteiger partial charge is 0.495 e. The smallest absolute Gasteiger partial charge is 0.339 e. The van der Waals surface area contributed by atoms with Crippen molar-refractivity contribution < 1.29 is 14.3 Å². The van der Waals surface area contributed by atoms with Gasteiger partial charge in [0.25, 0.3) is 0 Å². The summed E-state index contributed by atoms with van der Waals surface area (Å²) in [6, 6.07) is 24.5. The number of benzene rings is 2. The molecule has 8 heteroatoms. The first-order valence-corrected chi connectivity index (χ1v) is 11.5. The van der Waals surface area contributed by atoms with E-state index in [0.717, 1.165) is 22.8 Å². The number of hydrogen-bond donors (Lipinski definition) is 1. The second kappa shape index (κ2) is 9.60. The summed E-state index contributed by atoms with van der Waals surface area (Å²) < 4.78 is 12.7. The van der Waals surface area contributed by atoms with Gasteiger partial charge in [0.15, 0.2) is 5.11 Å². The number of aromatic nitrogens is 2. The van der Waals surface area contributed by atoms with Crippen LogP contribution in [-0.2, 0) is 4.74 Å². The molecule has 0 aliphatic carbocycles. The molecule has 0 unspecified atom stereocenters. The van der Waals surface area contributed by atoms with Crippen LogP contribution in [0.2, 0.25) is 0 Å². The number of thiocarbonyl (C=S) groups is 1. The Morgan fingerprint density at radius 1 is 0.943 bits per heavy atom. The summed E-state index contributed by atoms with van der Waals surface area (Å²) in [6.07, 6.45) is 3.71. The van der Waals surface area contributed by atoms with Crippen molar-refractivity contribution in [3.63, 3.8) is 0 Å². The minimum atomic E-state index is -0.400. The molecule has 2 aromatic heterocycles. The Morgan fingerprint density at radius 3 is 2.43 bits per heavy atom. The third-order valence-corrected chi connectivity index (χ3v) is 6.41. The van der Waals surface area contributed by atoms with Crippen molar-refractivity contribution in [3.8, 4) is 11.4 Å². The molecule has 1 saturated heterocycles. The lowest BCUT2D eigenvalue weighted by atomic mass is 10.00. The van der Waals surface area contributed by atoms with Crippen LogP contribution in [0.4, 0.5) is 5.69 Å². The van der Waals surface area contributed by atoms with Crippen molar-refractivity contribution in [3.05, 3.63) is 108 Å². The molecule has 35 heavy (non-hydrogen) atoms. The SMILES string of the molecule is COC(=O)c1ccccc1-n1cccc1[C@@H]1[C@H](c2ccccn2)NC(=S)N1c1ccccc1OC. The molecule has 1 N–H and O–H groups in total. The summed E-state index contributed by atoms with van der Waals surface area (Å²) in [7, 11) is 3.03. The van der Waals surface area contributed by atoms with Crippen molar-refractivity contribution in [1.82, 2.24) is 14.9 Å². The first-order valence-electron chi connectivity index (χ1n) is 11.1. The number of nitrogens with one attached hydrogen (secondary N) is 1. The van der Waals surface area contributed by atoms with E-state index in [1.165, 1.54) is 7.11 Å². The first kappa shape index (κ1) is 22.6. The molecule has 4 aromatic rings. The van der Waals surface area contributed by atoms with Crippen LogP contribution < -0.4 is 15.0 Å². The second-order valence-corrected chi connectivity index (χ2v) is 8.37. The molecule has 2 aromatic carbocycles. The van der Waals surface area contributed by atoms with Crippen LogP contribution in [0.25, 0.3) is 5.69 Å². The van der Waals surface area contributed by atoms with Crippen molar-refractivity contribution >= 4 is 29.0 Å². The average molecular weight is 485 g/mol. The maximum Gasteiger partial charge on any atom is 0.339 e. The Labute approximate surface area is 208 Å². The van der Waals surface area contributed by atoms with E-state index in [0.29, 0.717) is 16.4 Å². The van der Waals surface area contributed by atoms with Crippen molar-refractivity contribution in [2.24, 2.45) is 0 Å². The van der Waals surface area contributed by atoms with Crippen molar-refractivity contribution in [1.29, 1.82) is 0 Å². The molecule has 7 nitrogen and oxygen atoms in total. The Morgan fingerprint density at radius 2 is 1.69 bits per heavy atom. The van der Waals surface area contributed by atoms with E-state index in [1.54, 1.807) is 19.4 Å². The van der Waals surface area contributed by atoms with E-state index in [-0.39, 0.29) is 12.1 Å². The average Bonchev–Trinajstić information content (AvgIpc) is 3.52. The highest BCUT2D eigenvalue weighted by atomic mass is 32.1. The minimum Gasteiger partial charge on any atom is -0.495 e. The van der Waals surface area contributed by atoms with Crippen LogP contribution in [0, 0.1) is 0 Å². The van der Waals surface area contributed by atoms with Crippen LogP contribution in [0.5, 0.6) is 5.75 Å². The quantitative estimate of drug-likeness (QED) is 0.310. The number of para-hydroxylation sites is 3. The van der Waals surface area contributed by atoms with Gasteiger partial charge in [-0.15, -0.1) is 0 Å². The Bertz CT molecular complexity index is 1370. The van der Waals surface area contributed by atoms with Gasteiger partial charge in [-0.25, -0.2) is 4.79 Å². The summed E-state index contributed by atoms with van der Waals surface area (Å²) in [5.41, 5.74) is 3.81. The van der Waals surface area contributed by atoms with Crippen LogP contribution >= 0.6 is 12.2 Å². The molecule has 1 fully saturated rings. The molecule has 0 amide bonds. The van der Waals surface area contributed by atoms with E-state index in [4.69, 9.17) is 21.7 Å². The fourth-order valence-electron chi connectivity index (χ4n) is 4.56. The number of pyridine rings is 1. The van der Waals surface area contributed by atoms with Gasteiger partial charge in [-0.1, -0.05) is 30.3 Å². The molecule has 5 rings (SSSR count). The van der Waals surface area contributed by atoms with Crippen LogP contribution in [-0.4, -0.2) is 34.9 Å². The zero-order valence-electron chi connectivity index (χ0n) is 19.3. The summed E-state index contributed by atoms with van der Waals surface area (Å²) in [6.45, 7) is 0. The summed E-state index contributed by atoms with van der Waals surface area (Å²) in [5, 5.41) is 4.03. The lowest BCUT2D eigenvalue weighted by molar-refractivity contribution is 0.0600. The number of methoxy groups -OCH3 is 2. The third-order valence-electron chi connectivity index (χ3n) is 6.10. The number of anilines is 1. The number of carbonyl (C=O) groups excluding carboxylic acids is 1. The van der Waals surface area contributed by atoms with E-state index >= 15 is 0 Å². The minimum absolute atomic E-state index is 0.243. The number of carbonyl (C=O) groups is 1. The van der Waals surface area contributed by atoms with Gasteiger partial charge < -0.3 is 24.3 Å². The molecule has 0 saturated carbocycles. The van der Waals surface area contributed by atoms with Gasteiger partial charge in [0.05, 0.1) is 42.9 Å². The van der Waals surface area contributed by atoms with Gasteiger partial charge in [-0.05, 0) is 60.7 Å². The lowest BCUT2D eigenvalue weighted by Crippen LogP contribution is -2.30. The molecule has 0 spiro atoms. The van der Waals surface area contributed by atoms with E-state index < -0.39 is 5.97 Å². The Kier molecular flexibility index (Phi) is 6.20. The van der Waals surface area contributed by atoms with E-state index in [9.17, 15) is 4.79 Å². The van der Waals surface area contributed by atoms with Gasteiger partial charge >= 0.3 is 5.97 Å². The fraction of sp³-hybridized carbons (Fsp3) is 0.148. The predicted molar refractivity (Wildman–Crippen MR) is 138 cm³/mol. The molecule has 0 bridgehead atoms. The van der Waals surface area contributed by atoms with Gasteiger partial charge in [-0.2, -0.15) is 0 Å². The maximum absolute atomic E-state index is 12.6. The first-order chi connectivity index (χ1) is 17.1. The van der Waals surface area contributed by atoms with Crippen molar-refractivity contribution in [2.45, 2.75) is 12.1 Å². The molecular formula is C27H24N4O3S. The van der Waals surface area contributed by atoms with Crippen molar-refractivity contribution in [2.75, 3.05) is 19.1 Å². The molecular weight excluding hydrogens is 460 g/mol. The highest BCUT2D eigenvalue weighted by Crippen LogP contribution is 2.45. The number of hydrogen-bond acceptors (Lipinski definition) is 5. The van der Waals surface area contributed by atoms with Gasteiger partial charge in [0.2, 0.25) is 0 Å². The molecule has 176 valence electrons. The predicted octanol–water partition coefficient (Wildman–Crippen LogP) is 4.84. The third kappa shape index (κ3) is 4.02. The van der Waals surface area contributed by atoms with E-state index in [2.05, 4.69) is 15.2 Å². The standard InChI is InChI=1S/C27H24N4O3S/c1-33-23-15-6-5-13-21(23)31-25(24(29-27(31)35)19-11-7-8-16-28-19)22-14-9-17-30(22)20-12-4-3-10-18(20)26(32)34-2/h3-17,24-25H,1-2H3,(H,29,35)/t24-,25+/m0/s1. The van der Waals surface area contributed by atoms with Crippen LogP contribution in [0.1, 0.15) is 33.8 Å². The lowest BCUT2D eigenvalue weighted by Gasteiger charge is -2.30. The zero-order valence-corrected chi connectivity index (χ0v) is 20.1. The molecule has 1 aliphatic rings. The molecule has 1 aliphatic heterocycles. The number of ether oxygens (including phenoxy) is 2. The molecule has 0 radical (unpaired) electrons. The molecule has 2 atom stereocenters. The number of rotatable bonds is 6. The number of nitrogens with zero attached hydrogens (tertiary/aromatic N) is 3. The van der Waals surface area contributed by atoms with Crippen LogP contribution in [0.15, 0.2) is 91.3 Å². The van der Waals surface area contributed by atoms with Gasteiger partial charge in [0, 0.05) is 18.1 Å². The van der Waals surface area contributed by atoms with E-state index in [1.807, 2.05) is 83.6 Å². The summed E-state index contributed by atoms with van der Waals surface area (Å²) in [5.74, 6) is 0.305. The monoisotopic (exact) mass is 484 g/mol. The van der Waals surface area contributed by atoms with Crippen LogP contribution in [0.3, 0.4) is 0 Å². The zero-order chi connectivity index (χ0) is 24.4. The fourth-order valence-corrected chi connectivity index (χ4v) is 4.90. The Balaban J connectivity index is 1.71. The normalized spacial score (nSPS) is 17.2. The Hall–Kier alpha value is -4.17.